The molecule has 0 fully saturated rings. The quantitative estimate of drug-likeness (QED) is 0.732. The van der Waals surface area contributed by atoms with E-state index in [4.69, 9.17) is 0 Å². The molecule has 0 aliphatic heterocycles. The van der Waals surface area contributed by atoms with E-state index in [2.05, 4.69) is 65.8 Å². The molecule has 0 radical (unpaired) electrons. The highest BCUT2D eigenvalue weighted by Gasteiger charge is 2.22. The summed E-state index contributed by atoms with van der Waals surface area (Å²) in [4.78, 5) is 4.56. The van der Waals surface area contributed by atoms with Gasteiger partial charge in [-0.2, -0.15) is 5.10 Å². The van der Waals surface area contributed by atoms with Crippen LogP contribution in [0.4, 0.5) is 0 Å². The number of hydrogen-bond donors (Lipinski definition) is 1. The fourth-order valence-corrected chi connectivity index (χ4v) is 3.00. The molecule has 6 heteroatoms. The van der Waals surface area contributed by atoms with Crippen molar-refractivity contribution in [1.82, 2.24) is 20.1 Å². The highest BCUT2D eigenvalue weighted by Crippen LogP contribution is 2.28. The molecular weight excluding hydrogens is 396 g/mol. The number of nitrogens with one attached hydrogen (secondary N) is 1. The van der Waals surface area contributed by atoms with Gasteiger partial charge in [-0.15, -0.1) is 0 Å². The van der Waals surface area contributed by atoms with Gasteiger partial charge in [-0.25, -0.2) is 0 Å². The minimum Gasteiger partial charge on any atom is -0.304 e. The van der Waals surface area contributed by atoms with Crippen LogP contribution in [0.5, 0.6) is 0 Å². The standard InChI is InChI=1S/C15H20Br2N4/c1-3-7-18-14(13-6-5-11(16)9-19-13)15-12(17)10-20-21(15)8-4-2/h5-6,9-10,14,18H,3-4,7-8H2,1-2H3. The van der Waals surface area contributed by atoms with Gasteiger partial charge in [-0.3, -0.25) is 9.67 Å². The molecule has 2 aromatic rings. The van der Waals surface area contributed by atoms with Crippen LogP contribution in [0.3, 0.4) is 0 Å². The number of aromatic nitrogens is 3. The summed E-state index contributed by atoms with van der Waals surface area (Å²) in [6.45, 7) is 6.16. The van der Waals surface area contributed by atoms with Crippen molar-refractivity contribution in [3.63, 3.8) is 0 Å². The second-order valence-corrected chi connectivity index (χ2v) is 6.66. The lowest BCUT2D eigenvalue weighted by molar-refractivity contribution is 0.504. The second-order valence-electron chi connectivity index (χ2n) is 4.89. The van der Waals surface area contributed by atoms with Gasteiger partial charge in [-0.05, 0) is 63.4 Å². The molecule has 1 atom stereocenters. The van der Waals surface area contributed by atoms with Crippen LogP contribution < -0.4 is 5.32 Å². The van der Waals surface area contributed by atoms with E-state index >= 15 is 0 Å². The van der Waals surface area contributed by atoms with Gasteiger partial charge in [0.2, 0.25) is 0 Å². The maximum absolute atomic E-state index is 4.56. The smallest absolute Gasteiger partial charge is 0.0933 e. The summed E-state index contributed by atoms with van der Waals surface area (Å²) in [5.41, 5.74) is 2.14. The average molecular weight is 416 g/mol. The third-order valence-corrected chi connectivity index (χ3v) is 4.27. The molecule has 0 saturated carbocycles. The van der Waals surface area contributed by atoms with Gasteiger partial charge in [0.05, 0.1) is 28.1 Å². The molecule has 0 spiro atoms. The maximum atomic E-state index is 4.56. The molecular formula is C15H20Br2N4. The van der Waals surface area contributed by atoms with Crippen molar-refractivity contribution in [2.24, 2.45) is 0 Å². The van der Waals surface area contributed by atoms with Crippen LogP contribution in [-0.4, -0.2) is 21.3 Å². The summed E-state index contributed by atoms with van der Waals surface area (Å²) in [6, 6.07) is 4.12. The van der Waals surface area contributed by atoms with Crippen molar-refractivity contribution in [3.8, 4) is 0 Å². The Labute approximate surface area is 142 Å². The Morgan fingerprint density at radius 2 is 2.00 bits per heavy atom. The number of aryl methyl sites for hydroxylation is 1. The fourth-order valence-electron chi connectivity index (χ4n) is 2.24. The molecule has 0 bridgehead atoms. The predicted octanol–water partition coefficient (Wildman–Crippen LogP) is 4.30. The molecule has 2 heterocycles. The van der Waals surface area contributed by atoms with Crippen molar-refractivity contribution in [2.75, 3.05) is 6.54 Å². The third kappa shape index (κ3) is 4.14. The Morgan fingerprint density at radius 3 is 2.62 bits per heavy atom. The van der Waals surface area contributed by atoms with Crippen LogP contribution in [0.15, 0.2) is 33.5 Å². The largest absolute Gasteiger partial charge is 0.304 e. The Hall–Kier alpha value is -0.720. The summed E-state index contributed by atoms with van der Waals surface area (Å²) < 4.78 is 4.07. The van der Waals surface area contributed by atoms with E-state index in [1.165, 1.54) is 0 Å². The number of nitrogens with zero attached hydrogens (tertiary/aromatic N) is 3. The molecule has 21 heavy (non-hydrogen) atoms. The predicted molar refractivity (Wildman–Crippen MR) is 92.3 cm³/mol. The summed E-state index contributed by atoms with van der Waals surface area (Å²) in [7, 11) is 0. The van der Waals surface area contributed by atoms with Crippen molar-refractivity contribution in [3.05, 3.63) is 44.9 Å². The Morgan fingerprint density at radius 1 is 1.19 bits per heavy atom. The molecule has 1 unspecified atom stereocenters. The van der Waals surface area contributed by atoms with Crippen molar-refractivity contribution >= 4 is 31.9 Å². The Bertz CT molecular complexity index is 566. The topological polar surface area (TPSA) is 42.7 Å². The first-order valence-electron chi connectivity index (χ1n) is 7.23. The van der Waals surface area contributed by atoms with Crippen LogP contribution >= 0.6 is 31.9 Å². The van der Waals surface area contributed by atoms with Crippen LogP contribution in [0.2, 0.25) is 0 Å². The van der Waals surface area contributed by atoms with E-state index in [9.17, 15) is 0 Å². The van der Waals surface area contributed by atoms with Gasteiger partial charge < -0.3 is 5.32 Å². The molecule has 0 saturated heterocycles. The van der Waals surface area contributed by atoms with Crippen LogP contribution in [0.1, 0.15) is 44.1 Å². The lowest BCUT2D eigenvalue weighted by Crippen LogP contribution is -2.27. The van der Waals surface area contributed by atoms with Crippen molar-refractivity contribution in [2.45, 2.75) is 39.3 Å². The highest BCUT2D eigenvalue weighted by atomic mass is 79.9. The van der Waals surface area contributed by atoms with Crippen molar-refractivity contribution < 1.29 is 0 Å². The van der Waals surface area contributed by atoms with Gasteiger partial charge in [0.1, 0.15) is 0 Å². The van der Waals surface area contributed by atoms with E-state index in [1.807, 2.05) is 24.5 Å². The van der Waals surface area contributed by atoms with Crippen LogP contribution in [0.25, 0.3) is 0 Å². The molecule has 2 aromatic heterocycles. The molecule has 0 aliphatic rings. The van der Waals surface area contributed by atoms with Crippen LogP contribution in [-0.2, 0) is 6.54 Å². The van der Waals surface area contributed by atoms with Crippen molar-refractivity contribution in [1.29, 1.82) is 0 Å². The van der Waals surface area contributed by atoms with E-state index in [-0.39, 0.29) is 6.04 Å². The summed E-state index contributed by atoms with van der Waals surface area (Å²) in [5.74, 6) is 0. The van der Waals surface area contributed by atoms with Gasteiger partial charge in [0.25, 0.3) is 0 Å². The first kappa shape index (κ1) is 16.6. The Balaban J connectivity index is 2.40. The van der Waals surface area contributed by atoms with Crippen LogP contribution in [0, 0.1) is 0 Å². The minimum atomic E-state index is 0.0430. The third-order valence-electron chi connectivity index (χ3n) is 3.19. The molecule has 0 amide bonds. The van der Waals surface area contributed by atoms with E-state index in [0.29, 0.717) is 0 Å². The summed E-state index contributed by atoms with van der Waals surface area (Å²) in [5, 5.41) is 8.05. The monoisotopic (exact) mass is 414 g/mol. The number of pyridine rings is 1. The zero-order valence-electron chi connectivity index (χ0n) is 12.3. The first-order chi connectivity index (χ1) is 10.2. The normalized spacial score (nSPS) is 12.6. The number of rotatable bonds is 7. The molecule has 0 aromatic carbocycles. The van der Waals surface area contributed by atoms with E-state index in [0.717, 1.165) is 46.3 Å². The fraction of sp³-hybridized carbons (Fsp3) is 0.467. The van der Waals surface area contributed by atoms with E-state index in [1.54, 1.807) is 0 Å². The molecule has 2 rings (SSSR count). The first-order valence-corrected chi connectivity index (χ1v) is 8.82. The molecule has 114 valence electrons. The average Bonchev–Trinajstić information content (AvgIpc) is 2.83. The van der Waals surface area contributed by atoms with Gasteiger partial charge in [0, 0.05) is 17.2 Å². The second kappa shape index (κ2) is 8.06. The number of hydrogen-bond acceptors (Lipinski definition) is 3. The zero-order chi connectivity index (χ0) is 15.2. The van der Waals surface area contributed by atoms with Gasteiger partial charge in [-0.1, -0.05) is 13.8 Å². The van der Waals surface area contributed by atoms with Gasteiger partial charge >= 0.3 is 0 Å². The molecule has 1 N–H and O–H groups in total. The highest BCUT2D eigenvalue weighted by molar-refractivity contribution is 9.10. The zero-order valence-corrected chi connectivity index (χ0v) is 15.5. The number of halogens is 2. The Kier molecular flexibility index (Phi) is 6.39. The SMILES string of the molecule is CCCNC(c1ccc(Br)cn1)c1c(Br)cnn1CCC. The summed E-state index contributed by atoms with van der Waals surface area (Å²) in [6.07, 6.45) is 5.83. The van der Waals surface area contributed by atoms with Gasteiger partial charge in [0.15, 0.2) is 0 Å². The lowest BCUT2D eigenvalue weighted by atomic mass is 10.1. The summed E-state index contributed by atoms with van der Waals surface area (Å²) >= 11 is 7.07. The molecule has 0 aliphatic carbocycles. The van der Waals surface area contributed by atoms with E-state index < -0.39 is 0 Å². The lowest BCUT2D eigenvalue weighted by Gasteiger charge is -2.20. The molecule has 4 nitrogen and oxygen atoms in total. The maximum Gasteiger partial charge on any atom is 0.0933 e. The minimum absolute atomic E-state index is 0.0430.